The molecule has 0 spiro atoms. The van der Waals surface area contributed by atoms with Crippen LogP contribution in [0.2, 0.25) is 10.0 Å². The first-order valence-electron chi connectivity index (χ1n) is 6.01. The summed E-state index contributed by atoms with van der Waals surface area (Å²) in [6.07, 6.45) is 0. The van der Waals surface area contributed by atoms with Crippen molar-refractivity contribution in [2.75, 3.05) is 20.1 Å². The summed E-state index contributed by atoms with van der Waals surface area (Å²) in [5.74, 6) is 0. The highest BCUT2D eigenvalue weighted by molar-refractivity contribution is 7.89. The average molecular weight is 325 g/mol. The smallest absolute Gasteiger partial charge is 0.244 e. The van der Waals surface area contributed by atoms with Gasteiger partial charge in [-0.05, 0) is 19.2 Å². The number of sulfonamides is 1. The third-order valence-corrected chi connectivity index (χ3v) is 5.82. The zero-order valence-corrected chi connectivity index (χ0v) is 13.5. The first kappa shape index (κ1) is 16.7. The van der Waals surface area contributed by atoms with Gasteiger partial charge in [0.2, 0.25) is 10.0 Å². The van der Waals surface area contributed by atoms with Gasteiger partial charge in [0, 0.05) is 30.2 Å². The average Bonchev–Trinajstić information content (AvgIpc) is 2.35. The molecule has 0 aliphatic carbocycles. The lowest BCUT2D eigenvalue weighted by atomic mass is 10.2. The maximum atomic E-state index is 12.5. The standard InChI is InChI=1S/C12H18Cl2N2O2S/c1-4-16(5-2)19(17,18)11-7-6-10(13)9(8-15-3)12(11)14/h6-7,15H,4-5,8H2,1-3H3. The van der Waals surface area contributed by atoms with Gasteiger partial charge in [0.1, 0.15) is 4.90 Å². The Morgan fingerprint density at radius 1 is 1.21 bits per heavy atom. The van der Waals surface area contributed by atoms with Crippen LogP contribution in [0, 0.1) is 0 Å². The summed E-state index contributed by atoms with van der Waals surface area (Å²) < 4.78 is 26.3. The Kier molecular flexibility index (Phi) is 6.08. The van der Waals surface area contributed by atoms with Crippen LogP contribution in [0.4, 0.5) is 0 Å². The summed E-state index contributed by atoms with van der Waals surface area (Å²) in [4.78, 5) is 0.104. The topological polar surface area (TPSA) is 49.4 Å². The zero-order valence-electron chi connectivity index (χ0n) is 11.2. The molecule has 1 rings (SSSR count). The highest BCUT2D eigenvalue weighted by Gasteiger charge is 2.26. The van der Waals surface area contributed by atoms with Crippen LogP contribution in [0.1, 0.15) is 19.4 Å². The van der Waals surface area contributed by atoms with Crippen molar-refractivity contribution in [2.45, 2.75) is 25.3 Å². The van der Waals surface area contributed by atoms with Crippen LogP contribution in [0.3, 0.4) is 0 Å². The number of halogens is 2. The molecule has 0 amide bonds. The number of rotatable bonds is 6. The third kappa shape index (κ3) is 3.41. The zero-order chi connectivity index (χ0) is 14.6. The molecular formula is C12H18Cl2N2O2S. The van der Waals surface area contributed by atoms with Crippen molar-refractivity contribution in [3.8, 4) is 0 Å². The van der Waals surface area contributed by atoms with Gasteiger partial charge >= 0.3 is 0 Å². The molecule has 0 saturated carbocycles. The summed E-state index contributed by atoms with van der Waals surface area (Å²) in [7, 11) is -1.83. The molecule has 1 aromatic carbocycles. The lowest BCUT2D eigenvalue weighted by Gasteiger charge is -2.20. The summed E-state index contributed by atoms with van der Waals surface area (Å²) >= 11 is 12.2. The highest BCUT2D eigenvalue weighted by atomic mass is 35.5. The fraction of sp³-hybridized carbons (Fsp3) is 0.500. The molecule has 108 valence electrons. The van der Waals surface area contributed by atoms with Gasteiger partial charge in [-0.25, -0.2) is 8.42 Å². The monoisotopic (exact) mass is 324 g/mol. The summed E-state index contributed by atoms with van der Waals surface area (Å²) in [6, 6.07) is 3.02. The first-order chi connectivity index (χ1) is 8.89. The van der Waals surface area contributed by atoms with Crippen LogP contribution < -0.4 is 5.32 Å². The molecule has 7 heteroatoms. The van der Waals surface area contributed by atoms with Crippen molar-refractivity contribution in [3.05, 3.63) is 27.7 Å². The van der Waals surface area contributed by atoms with Gasteiger partial charge in [0.25, 0.3) is 0 Å². The van der Waals surface area contributed by atoms with Crippen LogP contribution in [-0.2, 0) is 16.6 Å². The molecule has 0 atom stereocenters. The Morgan fingerprint density at radius 3 is 2.26 bits per heavy atom. The molecule has 0 radical (unpaired) electrons. The number of nitrogens with one attached hydrogen (secondary N) is 1. The normalized spacial score (nSPS) is 12.1. The van der Waals surface area contributed by atoms with Crippen molar-refractivity contribution >= 4 is 33.2 Å². The minimum absolute atomic E-state index is 0.104. The molecule has 0 unspecified atom stereocenters. The fourth-order valence-electron chi connectivity index (χ4n) is 1.82. The minimum atomic E-state index is -3.57. The quantitative estimate of drug-likeness (QED) is 0.875. The van der Waals surface area contributed by atoms with E-state index in [1.54, 1.807) is 27.0 Å². The number of benzene rings is 1. The SMILES string of the molecule is CCN(CC)S(=O)(=O)c1ccc(Cl)c(CNC)c1Cl. The molecule has 0 fully saturated rings. The van der Waals surface area contributed by atoms with Gasteiger partial charge in [0.15, 0.2) is 0 Å². The second kappa shape index (κ2) is 6.90. The minimum Gasteiger partial charge on any atom is -0.316 e. The van der Waals surface area contributed by atoms with E-state index >= 15 is 0 Å². The fourth-order valence-corrected chi connectivity index (χ4v) is 4.16. The van der Waals surface area contributed by atoms with Gasteiger partial charge in [-0.15, -0.1) is 0 Å². The van der Waals surface area contributed by atoms with Gasteiger partial charge in [-0.2, -0.15) is 4.31 Å². The van der Waals surface area contributed by atoms with E-state index in [1.807, 2.05) is 0 Å². The van der Waals surface area contributed by atoms with Crippen molar-refractivity contribution in [1.29, 1.82) is 0 Å². The van der Waals surface area contributed by atoms with Crippen LogP contribution in [0.5, 0.6) is 0 Å². The largest absolute Gasteiger partial charge is 0.316 e. The number of nitrogens with zero attached hydrogens (tertiary/aromatic N) is 1. The van der Waals surface area contributed by atoms with E-state index in [0.29, 0.717) is 30.2 Å². The molecule has 0 saturated heterocycles. The van der Waals surface area contributed by atoms with Gasteiger partial charge in [-0.1, -0.05) is 37.0 Å². The van der Waals surface area contributed by atoms with E-state index in [1.165, 1.54) is 10.4 Å². The molecule has 0 heterocycles. The van der Waals surface area contributed by atoms with Crippen molar-refractivity contribution in [2.24, 2.45) is 0 Å². The molecule has 0 bridgehead atoms. The second-order valence-corrected chi connectivity index (χ2v) is 6.65. The third-order valence-electron chi connectivity index (χ3n) is 2.83. The van der Waals surface area contributed by atoms with E-state index in [2.05, 4.69) is 5.32 Å². The van der Waals surface area contributed by atoms with Crippen LogP contribution in [-0.4, -0.2) is 32.9 Å². The predicted molar refractivity (Wildman–Crippen MR) is 79.3 cm³/mol. The van der Waals surface area contributed by atoms with E-state index in [9.17, 15) is 8.42 Å². The Labute approximate surface area is 124 Å². The number of hydrogen-bond acceptors (Lipinski definition) is 3. The van der Waals surface area contributed by atoms with E-state index in [-0.39, 0.29) is 9.92 Å². The molecule has 0 aliphatic rings. The van der Waals surface area contributed by atoms with Crippen molar-refractivity contribution in [3.63, 3.8) is 0 Å². The van der Waals surface area contributed by atoms with E-state index in [4.69, 9.17) is 23.2 Å². The number of hydrogen-bond donors (Lipinski definition) is 1. The van der Waals surface area contributed by atoms with Crippen molar-refractivity contribution < 1.29 is 8.42 Å². The molecule has 0 aromatic heterocycles. The molecule has 19 heavy (non-hydrogen) atoms. The molecular weight excluding hydrogens is 307 g/mol. The molecule has 1 N–H and O–H groups in total. The Morgan fingerprint density at radius 2 is 1.79 bits per heavy atom. The maximum Gasteiger partial charge on any atom is 0.244 e. The summed E-state index contributed by atoms with van der Waals surface area (Å²) in [6.45, 7) is 4.80. The van der Waals surface area contributed by atoms with E-state index in [0.717, 1.165) is 0 Å². The predicted octanol–water partition coefficient (Wildman–Crippen LogP) is 2.74. The molecule has 1 aromatic rings. The van der Waals surface area contributed by atoms with Gasteiger partial charge < -0.3 is 5.32 Å². The second-order valence-electron chi connectivity index (χ2n) is 3.96. The maximum absolute atomic E-state index is 12.5. The Balaban J connectivity index is 3.40. The van der Waals surface area contributed by atoms with Crippen LogP contribution in [0.25, 0.3) is 0 Å². The van der Waals surface area contributed by atoms with Gasteiger partial charge in [0.05, 0.1) is 5.02 Å². The summed E-state index contributed by atoms with van der Waals surface area (Å²) in [5, 5.41) is 3.57. The summed E-state index contributed by atoms with van der Waals surface area (Å²) in [5.41, 5.74) is 0.596. The first-order valence-corrected chi connectivity index (χ1v) is 8.21. The Hall–Kier alpha value is -0.330. The molecule has 0 aliphatic heterocycles. The van der Waals surface area contributed by atoms with Gasteiger partial charge in [-0.3, -0.25) is 0 Å². The van der Waals surface area contributed by atoms with Crippen LogP contribution >= 0.6 is 23.2 Å². The van der Waals surface area contributed by atoms with Crippen LogP contribution in [0.15, 0.2) is 17.0 Å². The highest BCUT2D eigenvalue weighted by Crippen LogP contribution is 2.32. The molecule has 4 nitrogen and oxygen atoms in total. The lowest BCUT2D eigenvalue weighted by molar-refractivity contribution is 0.445. The Bertz CT molecular complexity index is 543. The lowest BCUT2D eigenvalue weighted by Crippen LogP contribution is -2.31. The van der Waals surface area contributed by atoms with Crippen molar-refractivity contribution in [1.82, 2.24) is 9.62 Å². The van der Waals surface area contributed by atoms with E-state index < -0.39 is 10.0 Å².